The number of hydrogen-bond acceptors (Lipinski definition) is 8. The van der Waals surface area contributed by atoms with Gasteiger partial charge in [-0.25, -0.2) is 9.79 Å². The third-order valence-electron chi connectivity index (χ3n) is 5.61. The minimum absolute atomic E-state index is 0.0256. The van der Waals surface area contributed by atoms with E-state index in [4.69, 9.17) is 14.2 Å². The van der Waals surface area contributed by atoms with E-state index >= 15 is 0 Å². The Morgan fingerprint density at radius 2 is 1.81 bits per heavy atom. The molecule has 0 spiro atoms. The Hall–Kier alpha value is -3.85. The number of phenols is 1. The minimum Gasteiger partial charge on any atom is -0.504 e. The summed E-state index contributed by atoms with van der Waals surface area (Å²) in [7, 11) is 0. The number of fused-ring (bicyclic) bond motifs is 1. The number of benzene rings is 2. The largest absolute Gasteiger partial charge is 0.504 e. The molecular formula is C27H28N2O6S. The molecule has 188 valence electrons. The molecule has 36 heavy (non-hydrogen) atoms. The molecule has 2 aromatic carbocycles. The minimum atomic E-state index is -0.760. The Kier molecular flexibility index (Phi) is 7.59. The second-order valence-corrected chi connectivity index (χ2v) is 8.94. The second-order valence-electron chi connectivity index (χ2n) is 7.93. The van der Waals surface area contributed by atoms with E-state index in [1.54, 1.807) is 32.1 Å². The first kappa shape index (κ1) is 25.2. The molecule has 0 saturated heterocycles. The van der Waals surface area contributed by atoms with E-state index in [-0.39, 0.29) is 17.9 Å². The van der Waals surface area contributed by atoms with Crippen LogP contribution in [-0.4, -0.2) is 35.5 Å². The summed E-state index contributed by atoms with van der Waals surface area (Å²) >= 11 is 1.23. The van der Waals surface area contributed by atoms with Crippen LogP contribution in [0.4, 0.5) is 0 Å². The van der Waals surface area contributed by atoms with Gasteiger partial charge in [-0.05, 0) is 57.5 Å². The third kappa shape index (κ3) is 4.79. The topological polar surface area (TPSA) is 99.4 Å². The van der Waals surface area contributed by atoms with Gasteiger partial charge in [-0.1, -0.05) is 35.6 Å². The molecule has 0 radical (unpaired) electrons. The Balaban J connectivity index is 1.95. The standard InChI is InChI=1S/C27H28N2O6S/c1-5-33-20-11-9-8-10-18(20)24-23(26(32)35-7-3)16(4)28-27-29(24)25(31)22(36-27)15-17-12-13-19(30)21(14-17)34-6-2/h8-15,24,30H,5-7H2,1-4H3/b22-15-/t24-/m0/s1. The van der Waals surface area contributed by atoms with Crippen LogP contribution in [-0.2, 0) is 9.53 Å². The van der Waals surface area contributed by atoms with E-state index in [1.165, 1.54) is 22.0 Å². The lowest BCUT2D eigenvalue weighted by Gasteiger charge is -2.26. The average molecular weight is 509 g/mol. The summed E-state index contributed by atoms with van der Waals surface area (Å²) in [6.07, 6.45) is 1.72. The van der Waals surface area contributed by atoms with Crippen molar-refractivity contribution in [3.63, 3.8) is 0 Å². The zero-order valence-electron chi connectivity index (χ0n) is 20.6. The molecule has 9 heteroatoms. The number of nitrogens with zero attached hydrogens (tertiary/aromatic N) is 2. The SMILES string of the molecule is CCOC(=O)C1=C(C)N=c2s/c(=C\c3ccc(O)c(OCC)c3)c(=O)n2[C@H]1c1ccccc1OCC. The molecule has 1 aliphatic rings. The molecule has 0 unspecified atom stereocenters. The highest BCUT2D eigenvalue weighted by molar-refractivity contribution is 7.07. The first-order chi connectivity index (χ1) is 17.4. The Morgan fingerprint density at radius 3 is 2.53 bits per heavy atom. The van der Waals surface area contributed by atoms with Gasteiger partial charge in [0.05, 0.1) is 35.6 Å². The number of aromatic hydroxyl groups is 1. The molecule has 4 rings (SSSR count). The van der Waals surface area contributed by atoms with Gasteiger partial charge < -0.3 is 19.3 Å². The highest BCUT2D eigenvalue weighted by Gasteiger charge is 2.35. The fraction of sp³-hybridized carbons (Fsp3) is 0.296. The molecule has 0 fully saturated rings. The van der Waals surface area contributed by atoms with Crippen LogP contribution < -0.4 is 24.4 Å². The fourth-order valence-corrected chi connectivity index (χ4v) is 5.17. The Bertz CT molecular complexity index is 1500. The van der Waals surface area contributed by atoms with Gasteiger partial charge in [-0.15, -0.1) is 0 Å². The molecule has 8 nitrogen and oxygen atoms in total. The van der Waals surface area contributed by atoms with E-state index in [0.717, 1.165) is 0 Å². The van der Waals surface area contributed by atoms with Crippen LogP contribution in [0.5, 0.6) is 17.2 Å². The van der Waals surface area contributed by atoms with E-state index in [1.807, 2.05) is 38.1 Å². The van der Waals surface area contributed by atoms with Crippen LogP contribution >= 0.6 is 11.3 Å². The Labute approximate surface area is 212 Å². The lowest BCUT2D eigenvalue weighted by Crippen LogP contribution is -2.40. The maximum atomic E-state index is 13.8. The molecule has 0 saturated carbocycles. The highest BCUT2D eigenvalue weighted by Crippen LogP contribution is 2.36. The second kappa shape index (κ2) is 10.8. The van der Waals surface area contributed by atoms with Crippen molar-refractivity contribution < 1.29 is 24.1 Å². The van der Waals surface area contributed by atoms with Crippen molar-refractivity contribution in [2.45, 2.75) is 33.7 Å². The van der Waals surface area contributed by atoms with Gasteiger partial charge >= 0.3 is 5.97 Å². The summed E-state index contributed by atoms with van der Waals surface area (Å²) in [4.78, 5) is 31.9. The van der Waals surface area contributed by atoms with E-state index in [0.29, 0.717) is 56.4 Å². The summed E-state index contributed by atoms with van der Waals surface area (Å²) in [5.74, 6) is 0.417. The number of phenolic OH excluding ortho intramolecular Hbond substituents is 1. The van der Waals surface area contributed by atoms with Crippen molar-refractivity contribution in [2.75, 3.05) is 19.8 Å². The first-order valence-corrected chi connectivity index (χ1v) is 12.6. The number of aromatic nitrogens is 1. The lowest BCUT2D eigenvalue weighted by atomic mass is 9.95. The van der Waals surface area contributed by atoms with Crippen molar-refractivity contribution in [3.05, 3.63) is 84.5 Å². The van der Waals surface area contributed by atoms with E-state index in [2.05, 4.69) is 4.99 Å². The van der Waals surface area contributed by atoms with Crippen molar-refractivity contribution in [2.24, 2.45) is 4.99 Å². The van der Waals surface area contributed by atoms with Gasteiger partial charge in [0, 0.05) is 5.56 Å². The maximum absolute atomic E-state index is 13.8. The zero-order valence-corrected chi connectivity index (χ0v) is 21.4. The predicted molar refractivity (Wildman–Crippen MR) is 137 cm³/mol. The number of allylic oxidation sites excluding steroid dienone is 1. The molecule has 1 aromatic heterocycles. The van der Waals surface area contributed by atoms with E-state index < -0.39 is 12.0 Å². The zero-order chi connectivity index (χ0) is 25.8. The van der Waals surface area contributed by atoms with Crippen molar-refractivity contribution in [1.29, 1.82) is 0 Å². The molecular weight excluding hydrogens is 480 g/mol. The number of ether oxygens (including phenoxy) is 3. The quantitative estimate of drug-likeness (QED) is 0.469. The molecule has 1 N–H and O–H groups in total. The van der Waals surface area contributed by atoms with Crippen LogP contribution in [0, 0.1) is 0 Å². The molecule has 0 bridgehead atoms. The number of esters is 1. The summed E-state index contributed by atoms with van der Waals surface area (Å²) in [6, 6.07) is 11.5. The van der Waals surface area contributed by atoms with Crippen molar-refractivity contribution in [1.82, 2.24) is 4.57 Å². The monoisotopic (exact) mass is 508 g/mol. The number of hydrogen-bond donors (Lipinski definition) is 1. The maximum Gasteiger partial charge on any atom is 0.338 e. The number of carbonyl (C=O) groups is 1. The van der Waals surface area contributed by atoms with Gasteiger partial charge in [0.25, 0.3) is 5.56 Å². The van der Waals surface area contributed by atoms with E-state index in [9.17, 15) is 14.7 Å². The van der Waals surface area contributed by atoms with Gasteiger partial charge in [-0.3, -0.25) is 9.36 Å². The van der Waals surface area contributed by atoms with Gasteiger partial charge in [0.15, 0.2) is 16.3 Å². The number of rotatable bonds is 8. The van der Waals surface area contributed by atoms with Gasteiger partial charge in [0.1, 0.15) is 11.8 Å². The van der Waals surface area contributed by atoms with Crippen LogP contribution in [0.2, 0.25) is 0 Å². The molecule has 1 atom stereocenters. The third-order valence-corrected chi connectivity index (χ3v) is 6.59. The summed E-state index contributed by atoms with van der Waals surface area (Å²) in [5.41, 5.74) is 1.85. The molecule has 1 aliphatic heterocycles. The summed E-state index contributed by atoms with van der Waals surface area (Å²) in [6.45, 7) is 8.21. The Morgan fingerprint density at radius 1 is 1.08 bits per heavy atom. The number of thiazole rings is 1. The number of carbonyl (C=O) groups excluding carboxylic acids is 1. The van der Waals surface area contributed by atoms with Gasteiger partial charge in [-0.2, -0.15) is 0 Å². The van der Waals surface area contributed by atoms with Crippen LogP contribution in [0.1, 0.15) is 44.9 Å². The van der Waals surface area contributed by atoms with Crippen LogP contribution in [0.25, 0.3) is 6.08 Å². The highest BCUT2D eigenvalue weighted by atomic mass is 32.1. The lowest BCUT2D eigenvalue weighted by molar-refractivity contribution is -0.139. The average Bonchev–Trinajstić information content (AvgIpc) is 3.15. The normalized spacial score (nSPS) is 15.3. The molecule has 3 aromatic rings. The van der Waals surface area contributed by atoms with Gasteiger partial charge in [0.2, 0.25) is 0 Å². The summed E-state index contributed by atoms with van der Waals surface area (Å²) in [5, 5.41) is 10.0. The smallest absolute Gasteiger partial charge is 0.338 e. The van der Waals surface area contributed by atoms with Crippen molar-refractivity contribution >= 4 is 23.4 Å². The molecule has 0 aliphatic carbocycles. The predicted octanol–water partition coefficient (Wildman–Crippen LogP) is 3.30. The molecule has 0 amide bonds. The summed E-state index contributed by atoms with van der Waals surface area (Å²) < 4.78 is 18.6. The van der Waals surface area contributed by atoms with Crippen LogP contribution in [0.15, 0.2) is 63.5 Å². The van der Waals surface area contributed by atoms with Crippen LogP contribution in [0.3, 0.4) is 0 Å². The fourth-order valence-electron chi connectivity index (χ4n) is 4.12. The number of para-hydroxylation sites is 1. The molecule has 2 heterocycles. The first-order valence-electron chi connectivity index (χ1n) is 11.8. The van der Waals surface area contributed by atoms with Crippen molar-refractivity contribution in [3.8, 4) is 17.2 Å².